The minimum atomic E-state index is -0.925. The summed E-state index contributed by atoms with van der Waals surface area (Å²) in [7, 11) is 0. The molecule has 6 nitrogen and oxygen atoms in total. The largest absolute Gasteiger partial charge is 0.481 e. The molecule has 0 saturated carbocycles. The fourth-order valence-electron chi connectivity index (χ4n) is 2.01. The van der Waals surface area contributed by atoms with E-state index in [1.165, 1.54) is 6.20 Å². The van der Waals surface area contributed by atoms with Gasteiger partial charge in [0.25, 0.3) is 0 Å². The number of carboxylic acid groups (broad SMARTS) is 2. The van der Waals surface area contributed by atoms with Crippen LogP contribution in [0.5, 0.6) is 0 Å². The Hall–Kier alpha value is -1.37. The van der Waals surface area contributed by atoms with Crippen molar-refractivity contribution >= 4 is 36.8 Å². The highest BCUT2D eigenvalue weighted by Crippen LogP contribution is 2.17. The zero-order chi connectivity index (χ0) is 15.1. The van der Waals surface area contributed by atoms with Crippen LogP contribution < -0.4 is 5.32 Å². The van der Waals surface area contributed by atoms with Crippen molar-refractivity contribution in [2.24, 2.45) is 11.8 Å². The van der Waals surface area contributed by atoms with Crippen LogP contribution in [0.25, 0.3) is 0 Å². The van der Waals surface area contributed by atoms with Crippen molar-refractivity contribution in [2.75, 3.05) is 13.1 Å². The van der Waals surface area contributed by atoms with E-state index in [2.05, 4.69) is 10.3 Å². The molecule has 0 amide bonds. The average Bonchev–Trinajstić information content (AvgIpc) is 2.40. The summed E-state index contributed by atoms with van der Waals surface area (Å²) in [5.41, 5.74) is 1.00. The van der Waals surface area contributed by atoms with Gasteiger partial charge in [-0.15, -0.1) is 24.8 Å². The van der Waals surface area contributed by atoms with Crippen molar-refractivity contribution in [3.8, 4) is 0 Å². The van der Waals surface area contributed by atoms with E-state index < -0.39 is 11.9 Å². The molecular weight excluding hydrogens is 331 g/mol. The van der Waals surface area contributed by atoms with Crippen LogP contribution in [0.15, 0.2) is 18.5 Å². The van der Waals surface area contributed by atoms with Gasteiger partial charge < -0.3 is 15.5 Å². The van der Waals surface area contributed by atoms with Crippen LogP contribution >= 0.6 is 24.8 Å². The molecule has 0 spiro atoms. The number of aromatic nitrogens is 1. The second-order valence-corrected chi connectivity index (χ2v) is 4.91. The van der Waals surface area contributed by atoms with Crippen LogP contribution in [0.2, 0.25) is 0 Å². The highest BCUT2D eigenvalue weighted by Gasteiger charge is 2.26. The number of aliphatic carboxylic acids is 1. The highest BCUT2D eigenvalue weighted by atomic mass is 35.5. The van der Waals surface area contributed by atoms with Gasteiger partial charge in [-0.05, 0) is 37.4 Å². The molecule has 1 aliphatic heterocycles. The van der Waals surface area contributed by atoms with E-state index >= 15 is 0 Å². The SMILES string of the molecule is CC1CCNCC1C(=O)O.Cc1ccncc1C(=O)O.Cl.Cl. The summed E-state index contributed by atoms with van der Waals surface area (Å²) >= 11 is 0. The molecule has 1 fully saturated rings. The molecule has 0 aliphatic carbocycles. The first-order valence-corrected chi connectivity index (χ1v) is 6.51. The zero-order valence-corrected chi connectivity index (χ0v) is 14.1. The Morgan fingerprint density at radius 3 is 2.32 bits per heavy atom. The minimum Gasteiger partial charge on any atom is -0.481 e. The Morgan fingerprint density at radius 1 is 1.32 bits per heavy atom. The number of pyridine rings is 1. The third kappa shape index (κ3) is 7.06. The normalized spacial score (nSPS) is 19.5. The van der Waals surface area contributed by atoms with E-state index in [1.807, 2.05) is 6.92 Å². The molecule has 3 N–H and O–H groups in total. The molecule has 1 saturated heterocycles. The molecule has 22 heavy (non-hydrogen) atoms. The number of nitrogens with one attached hydrogen (secondary N) is 1. The van der Waals surface area contributed by atoms with Crippen LogP contribution in [0.3, 0.4) is 0 Å². The summed E-state index contributed by atoms with van der Waals surface area (Å²) < 4.78 is 0. The molecular formula is C14H22Cl2N2O4. The van der Waals surface area contributed by atoms with Gasteiger partial charge in [0.1, 0.15) is 0 Å². The number of halogens is 2. The van der Waals surface area contributed by atoms with Gasteiger partial charge in [-0.25, -0.2) is 4.79 Å². The lowest BCUT2D eigenvalue weighted by Crippen LogP contribution is -2.39. The maximum absolute atomic E-state index is 10.5. The molecule has 126 valence electrons. The maximum Gasteiger partial charge on any atom is 0.337 e. The topological polar surface area (TPSA) is 99.5 Å². The molecule has 2 atom stereocenters. The molecule has 2 unspecified atom stereocenters. The lowest BCUT2D eigenvalue weighted by molar-refractivity contribution is -0.143. The Bertz CT molecular complexity index is 486. The van der Waals surface area contributed by atoms with Gasteiger partial charge in [0, 0.05) is 18.9 Å². The average molecular weight is 353 g/mol. The molecule has 1 aromatic rings. The first-order valence-electron chi connectivity index (χ1n) is 6.51. The Morgan fingerprint density at radius 2 is 1.95 bits per heavy atom. The first kappa shape index (κ1) is 22.9. The van der Waals surface area contributed by atoms with E-state index in [9.17, 15) is 9.59 Å². The van der Waals surface area contributed by atoms with Crippen LogP contribution in [-0.2, 0) is 4.79 Å². The predicted octanol–water partition coefficient (Wildman–Crippen LogP) is 2.25. The number of hydrogen-bond acceptors (Lipinski definition) is 4. The maximum atomic E-state index is 10.5. The number of hydrogen-bond donors (Lipinski definition) is 3. The fourth-order valence-corrected chi connectivity index (χ4v) is 2.01. The van der Waals surface area contributed by atoms with Crippen molar-refractivity contribution in [2.45, 2.75) is 20.3 Å². The summed E-state index contributed by atoms with van der Waals surface area (Å²) in [5.74, 6) is -1.43. The quantitative estimate of drug-likeness (QED) is 0.754. The van der Waals surface area contributed by atoms with E-state index in [1.54, 1.807) is 19.2 Å². The molecule has 0 bridgehead atoms. The number of rotatable bonds is 2. The molecule has 0 radical (unpaired) electrons. The molecule has 0 aromatic carbocycles. The van der Waals surface area contributed by atoms with Crippen LogP contribution in [-0.4, -0.2) is 40.2 Å². The van der Waals surface area contributed by atoms with Crippen molar-refractivity contribution in [3.05, 3.63) is 29.6 Å². The summed E-state index contributed by atoms with van der Waals surface area (Å²) in [6, 6.07) is 1.67. The third-order valence-electron chi connectivity index (χ3n) is 3.41. The standard InChI is InChI=1S/C7H13NO2.C7H7NO2.2ClH/c2*1-5-2-3-8-4-6(5)7(9)10;;/h5-6,8H,2-4H2,1H3,(H,9,10);2-4H,1H3,(H,9,10);2*1H. The van der Waals surface area contributed by atoms with Gasteiger partial charge in [0.15, 0.2) is 0 Å². The number of carbonyl (C=O) groups is 2. The zero-order valence-electron chi connectivity index (χ0n) is 12.5. The molecule has 1 aromatic heterocycles. The van der Waals surface area contributed by atoms with Gasteiger partial charge in [-0.1, -0.05) is 6.92 Å². The van der Waals surface area contributed by atoms with Crippen LogP contribution in [0, 0.1) is 18.8 Å². The van der Waals surface area contributed by atoms with Crippen LogP contribution in [0.1, 0.15) is 29.3 Å². The number of aromatic carboxylic acids is 1. The van der Waals surface area contributed by atoms with Gasteiger partial charge in [0.05, 0.1) is 11.5 Å². The molecule has 8 heteroatoms. The second kappa shape index (κ2) is 11.2. The lowest BCUT2D eigenvalue weighted by Gasteiger charge is -2.25. The van der Waals surface area contributed by atoms with Crippen molar-refractivity contribution in [3.63, 3.8) is 0 Å². The highest BCUT2D eigenvalue weighted by molar-refractivity contribution is 5.88. The Labute approximate surface area is 142 Å². The van der Waals surface area contributed by atoms with Gasteiger partial charge >= 0.3 is 11.9 Å². The summed E-state index contributed by atoms with van der Waals surface area (Å²) in [6.45, 7) is 5.34. The lowest BCUT2D eigenvalue weighted by atomic mass is 9.88. The Kier molecular flexibility index (Phi) is 11.7. The minimum absolute atomic E-state index is 0. The monoisotopic (exact) mass is 352 g/mol. The van der Waals surface area contributed by atoms with Crippen molar-refractivity contribution in [1.29, 1.82) is 0 Å². The van der Waals surface area contributed by atoms with E-state index in [-0.39, 0.29) is 36.3 Å². The second-order valence-electron chi connectivity index (χ2n) is 4.91. The van der Waals surface area contributed by atoms with E-state index in [4.69, 9.17) is 10.2 Å². The van der Waals surface area contributed by atoms with Crippen molar-refractivity contribution < 1.29 is 19.8 Å². The van der Waals surface area contributed by atoms with E-state index in [0.29, 0.717) is 12.5 Å². The van der Waals surface area contributed by atoms with E-state index in [0.717, 1.165) is 18.5 Å². The number of nitrogens with zero attached hydrogens (tertiary/aromatic N) is 1. The fraction of sp³-hybridized carbons (Fsp3) is 0.500. The van der Waals surface area contributed by atoms with Crippen LogP contribution in [0.4, 0.5) is 0 Å². The molecule has 2 rings (SSSR count). The van der Waals surface area contributed by atoms with Crippen molar-refractivity contribution in [1.82, 2.24) is 10.3 Å². The first-order chi connectivity index (χ1) is 9.43. The van der Waals surface area contributed by atoms with Gasteiger partial charge in [-0.3, -0.25) is 9.78 Å². The van der Waals surface area contributed by atoms with Gasteiger partial charge in [-0.2, -0.15) is 0 Å². The summed E-state index contributed by atoms with van der Waals surface area (Å²) in [6.07, 6.45) is 3.90. The summed E-state index contributed by atoms with van der Waals surface area (Å²) in [5, 5.41) is 20.3. The third-order valence-corrected chi connectivity index (χ3v) is 3.41. The molecule has 1 aliphatic rings. The number of aryl methyl sites for hydroxylation is 1. The number of piperidine rings is 1. The van der Waals surface area contributed by atoms with Gasteiger partial charge in [0.2, 0.25) is 0 Å². The molecule has 2 heterocycles. The Balaban J connectivity index is 0. The summed E-state index contributed by atoms with van der Waals surface area (Å²) in [4.78, 5) is 24.6. The predicted molar refractivity (Wildman–Crippen MR) is 88.2 cm³/mol. The smallest absolute Gasteiger partial charge is 0.337 e. The number of carboxylic acids is 2.